The highest BCUT2D eigenvalue weighted by atomic mass is 32.8. The van der Waals surface area contributed by atoms with Crippen LogP contribution >= 0.6 is 0 Å². The van der Waals surface area contributed by atoms with Gasteiger partial charge in [0.1, 0.15) is 0 Å². The lowest BCUT2D eigenvalue weighted by molar-refractivity contribution is 0.536. The second-order valence-electron chi connectivity index (χ2n) is 3.37. The highest BCUT2D eigenvalue weighted by Crippen LogP contribution is 2.06. The molecule has 0 unspecified atom stereocenters. The van der Waals surface area contributed by atoms with Crippen LogP contribution in [-0.4, -0.2) is 4.55 Å². The van der Waals surface area contributed by atoms with E-state index in [9.17, 15) is 0 Å². The van der Waals surface area contributed by atoms with Crippen molar-refractivity contribution in [2.24, 2.45) is 0 Å². The van der Waals surface area contributed by atoms with Crippen LogP contribution in [0.4, 0.5) is 0 Å². The highest BCUT2D eigenvalue weighted by Gasteiger charge is 1.84. The SMILES string of the molecule is C(=Cc1ccccc1)c1ccccc1.O=[S-](O)=S. The van der Waals surface area contributed by atoms with Gasteiger partial charge in [-0.3, -0.25) is 0 Å². The first-order valence-electron chi connectivity index (χ1n) is 5.25. The van der Waals surface area contributed by atoms with Gasteiger partial charge in [0.15, 0.2) is 0 Å². The summed E-state index contributed by atoms with van der Waals surface area (Å²) >= 11 is 3.65. The molecule has 4 heteroatoms. The maximum absolute atomic E-state index is 8.93. The zero-order chi connectivity index (χ0) is 13.2. The van der Waals surface area contributed by atoms with Gasteiger partial charge in [-0.1, -0.05) is 82.5 Å². The number of rotatable bonds is 2. The molecule has 2 aromatic rings. The Kier molecular flexibility index (Phi) is 6.94. The summed E-state index contributed by atoms with van der Waals surface area (Å²) in [5.41, 5.74) is 2.47. The van der Waals surface area contributed by atoms with Crippen molar-refractivity contribution in [2.45, 2.75) is 0 Å². The van der Waals surface area contributed by atoms with Crippen molar-refractivity contribution in [1.82, 2.24) is 0 Å². The predicted molar refractivity (Wildman–Crippen MR) is 79.9 cm³/mol. The van der Waals surface area contributed by atoms with Crippen LogP contribution < -0.4 is 0 Å². The lowest BCUT2D eigenvalue weighted by atomic mass is 10.1. The average Bonchev–Trinajstić information content (AvgIpc) is 2.38. The zero-order valence-electron chi connectivity index (χ0n) is 9.60. The van der Waals surface area contributed by atoms with Gasteiger partial charge < -0.3 is 8.76 Å². The first-order valence-corrected chi connectivity index (χ1v) is 7.28. The standard InChI is InChI=1S/C14H12.HO2S2/c1-3-7-13(8-4-1)11-12-14-9-5-2-6-10-14;1-4(2)3/h1-12H;(H,1,2,3)/q;-1. The molecule has 0 aliphatic rings. The molecular weight excluding hydrogens is 264 g/mol. The molecule has 0 fully saturated rings. The molecule has 0 atom stereocenters. The fraction of sp³-hybridized carbons (Fsp3) is 0. The van der Waals surface area contributed by atoms with Crippen molar-refractivity contribution < 1.29 is 8.76 Å². The van der Waals surface area contributed by atoms with Gasteiger partial charge >= 0.3 is 0 Å². The molecule has 0 radical (unpaired) electrons. The van der Waals surface area contributed by atoms with Gasteiger partial charge in [-0.25, -0.2) is 11.2 Å². The van der Waals surface area contributed by atoms with Crippen molar-refractivity contribution in [3.05, 3.63) is 71.8 Å². The molecule has 0 bridgehead atoms. The molecule has 0 aromatic heterocycles. The van der Waals surface area contributed by atoms with Crippen LogP contribution in [-0.2, 0) is 25.0 Å². The van der Waals surface area contributed by atoms with Crippen LogP contribution in [0.25, 0.3) is 12.2 Å². The monoisotopic (exact) mass is 277 g/mol. The van der Waals surface area contributed by atoms with Crippen molar-refractivity contribution in [3.63, 3.8) is 0 Å². The fourth-order valence-electron chi connectivity index (χ4n) is 1.32. The van der Waals surface area contributed by atoms with Crippen molar-refractivity contribution in [3.8, 4) is 0 Å². The second kappa shape index (κ2) is 8.58. The van der Waals surface area contributed by atoms with Crippen LogP contribution in [0.15, 0.2) is 60.7 Å². The fourth-order valence-corrected chi connectivity index (χ4v) is 1.32. The van der Waals surface area contributed by atoms with E-state index in [0.29, 0.717) is 0 Å². The Balaban J connectivity index is 0.000000357. The number of hydrogen-bond acceptors (Lipinski definition) is 3. The quantitative estimate of drug-likeness (QED) is 0.516. The molecular formula is C14H13O2S2-. The Morgan fingerprint density at radius 1 is 0.833 bits per heavy atom. The Bertz CT molecular complexity index is 497. The second-order valence-corrected chi connectivity index (χ2v) is 4.66. The number of hydrogen-bond donors (Lipinski definition) is 1. The molecule has 0 saturated heterocycles. The van der Waals surface area contributed by atoms with E-state index in [4.69, 9.17) is 8.76 Å². The van der Waals surface area contributed by atoms with Crippen LogP contribution in [0.2, 0.25) is 0 Å². The lowest BCUT2D eigenvalue weighted by Gasteiger charge is -1.92. The van der Waals surface area contributed by atoms with Gasteiger partial charge in [0.05, 0.1) is 0 Å². The first kappa shape index (κ1) is 14.6. The molecule has 0 heterocycles. The summed E-state index contributed by atoms with van der Waals surface area (Å²) in [6.45, 7) is 0. The summed E-state index contributed by atoms with van der Waals surface area (Å²) < 4.78 is 16.3. The summed E-state index contributed by atoms with van der Waals surface area (Å²) in [4.78, 5) is 0. The van der Waals surface area contributed by atoms with Crippen LogP contribution in [0.1, 0.15) is 11.1 Å². The third kappa shape index (κ3) is 6.96. The molecule has 0 aliphatic carbocycles. The normalized spacial score (nSPS) is 10.1. The van der Waals surface area contributed by atoms with Gasteiger partial charge in [-0.2, -0.15) is 0 Å². The van der Waals surface area contributed by atoms with Crippen molar-refractivity contribution >= 4 is 33.0 Å². The maximum Gasteiger partial charge on any atom is -0.0256 e. The third-order valence-electron chi connectivity index (χ3n) is 2.07. The Morgan fingerprint density at radius 3 is 1.39 bits per heavy atom. The van der Waals surface area contributed by atoms with Gasteiger partial charge in [-0.05, 0) is 11.1 Å². The summed E-state index contributed by atoms with van der Waals surface area (Å²) in [5, 5.41) is 0. The Labute approximate surface area is 114 Å². The van der Waals surface area contributed by atoms with E-state index in [0.717, 1.165) is 0 Å². The summed E-state index contributed by atoms with van der Waals surface area (Å²) in [5.74, 6) is 0. The topological polar surface area (TPSA) is 37.3 Å². The predicted octanol–water partition coefficient (Wildman–Crippen LogP) is 3.74. The third-order valence-corrected chi connectivity index (χ3v) is 2.07. The molecule has 2 rings (SSSR count). The van der Waals surface area contributed by atoms with Crippen LogP contribution in [0, 0.1) is 0 Å². The molecule has 0 spiro atoms. The smallest absolute Gasteiger partial charge is 0.0256 e. The highest BCUT2D eigenvalue weighted by molar-refractivity contribution is 8.18. The lowest BCUT2D eigenvalue weighted by Crippen LogP contribution is -1.70. The Morgan fingerprint density at radius 2 is 1.11 bits per heavy atom. The molecule has 94 valence electrons. The first-order chi connectivity index (χ1) is 8.68. The van der Waals surface area contributed by atoms with E-state index < -0.39 is 9.64 Å². The molecule has 2 nitrogen and oxygen atoms in total. The summed E-state index contributed by atoms with van der Waals surface area (Å²) in [7, 11) is -2.03. The van der Waals surface area contributed by atoms with Gasteiger partial charge in [-0.15, -0.1) is 0 Å². The van der Waals surface area contributed by atoms with E-state index in [1.54, 1.807) is 0 Å². The molecule has 0 amide bonds. The molecule has 0 saturated carbocycles. The molecule has 0 aliphatic heterocycles. The van der Waals surface area contributed by atoms with Gasteiger partial charge in [0, 0.05) is 0 Å². The van der Waals surface area contributed by atoms with Gasteiger partial charge in [0.25, 0.3) is 0 Å². The number of benzene rings is 2. The Hall–Kier alpha value is -1.49. The minimum atomic E-state index is -2.03. The summed E-state index contributed by atoms with van der Waals surface area (Å²) in [6.07, 6.45) is 4.24. The molecule has 2 aromatic carbocycles. The van der Waals surface area contributed by atoms with E-state index in [-0.39, 0.29) is 0 Å². The molecule has 18 heavy (non-hydrogen) atoms. The van der Waals surface area contributed by atoms with E-state index in [1.165, 1.54) is 11.1 Å². The van der Waals surface area contributed by atoms with Crippen LogP contribution in [0.5, 0.6) is 0 Å². The van der Waals surface area contributed by atoms with E-state index >= 15 is 0 Å². The minimum Gasteiger partial charge on any atom is -0.459 e. The molecule has 1 N–H and O–H groups in total. The van der Waals surface area contributed by atoms with E-state index in [1.807, 2.05) is 36.4 Å². The van der Waals surface area contributed by atoms with E-state index in [2.05, 4.69) is 47.6 Å². The van der Waals surface area contributed by atoms with Crippen molar-refractivity contribution in [1.29, 1.82) is 0 Å². The maximum atomic E-state index is 8.93. The van der Waals surface area contributed by atoms with Crippen molar-refractivity contribution in [2.75, 3.05) is 0 Å². The minimum absolute atomic E-state index is 1.23. The average molecular weight is 277 g/mol. The summed E-state index contributed by atoms with van der Waals surface area (Å²) in [6, 6.07) is 20.6. The largest absolute Gasteiger partial charge is 0.459 e. The zero-order valence-corrected chi connectivity index (χ0v) is 11.2. The van der Waals surface area contributed by atoms with Crippen LogP contribution in [0.3, 0.4) is 0 Å². The van der Waals surface area contributed by atoms with Gasteiger partial charge in [0.2, 0.25) is 0 Å².